The molecule has 0 amide bonds. The Morgan fingerprint density at radius 1 is 1.03 bits per heavy atom. The Balaban J connectivity index is 1.56. The first-order valence-electron chi connectivity index (χ1n) is 11.1. The van der Waals surface area contributed by atoms with E-state index in [9.17, 15) is 9.59 Å². The summed E-state index contributed by atoms with van der Waals surface area (Å²) >= 11 is 0. The molecule has 36 heavy (non-hydrogen) atoms. The van der Waals surface area contributed by atoms with Crippen LogP contribution < -0.4 is 4.74 Å². The van der Waals surface area contributed by atoms with Crippen molar-refractivity contribution in [2.24, 2.45) is 0 Å². The molecular formula is C28H27NO7. The molecule has 0 fully saturated rings. The zero-order valence-electron chi connectivity index (χ0n) is 20.1. The molecule has 0 aliphatic carbocycles. The molecule has 1 aromatic heterocycles. The van der Waals surface area contributed by atoms with Gasteiger partial charge in [-0.2, -0.15) is 0 Å². The SMILES string of the molecule is C=C(/C=C\C(=C/C)OCc1ccc(C(=O)OC)c(OCC(=O)O)c1)OCc1ccc2ccccc2n1. The van der Waals surface area contributed by atoms with Gasteiger partial charge in [0, 0.05) is 5.39 Å². The molecule has 3 aromatic rings. The van der Waals surface area contributed by atoms with Crippen molar-refractivity contribution in [3.8, 4) is 5.75 Å². The van der Waals surface area contributed by atoms with E-state index in [1.165, 1.54) is 13.2 Å². The average molecular weight is 490 g/mol. The summed E-state index contributed by atoms with van der Waals surface area (Å²) in [6.07, 6.45) is 5.19. The molecule has 0 radical (unpaired) electrons. The Labute approximate surface area is 209 Å². The lowest BCUT2D eigenvalue weighted by molar-refractivity contribution is -0.139. The fourth-order valence-corrected chi connectivity index (χ4v) is 3.17. The second-order valence-electron chi connectivity index (χ2n) is 7.57. The molecule has 0 saturated carbocycles. The van der Waals surface area contributed by atoms with E-state index in [-0.39, 0.29) is 24.5 Å². The largest absolute Gasteiger partial charge is 0.489 e. The van der Waals surface area contributed by atoms with Crippen LogP contribution in [0.3, 0.4) is 0 Å². The number of carboxylic acids is 1. The van der Waals surface area contributed by atoms with Crippen LogP contribution in [-0.4, -0.2) is 35.7 Å². The van der Waals surface area contributed by atoms with Gasteiger partial charge in [0.1, 0.15) is 36.0 Å². The van der Waals surface area contributed by atoms with Gasteiger partial charge in [-0.05, 0) is 55.0 Å². The standard InChI is InChI=1S/C28H27NO7/c1-4-23(13-9-19(2)34-17-22-12-11-21-7-5-6-8-25(21)29-22)35-16-20-10-14-24(28(32)33-3)26(15-20)36-18-27(30)31/h4-15H,2,16-18H2,1,3H3,(H,30,31)/b13-9-,23-4+. The molecule has 3 rings (SSSR count). The number of benzene rings is 2. The van der Waals surface area contributed by atoms with Crippen molar-refractivity contribution in [2.45, 2.75) is 20.1 Å². The lowest BCUT2D eigenvalue weighted by Crippen LogP contribution is -2.13. The maximum atomic E-state index is 11.9. The van der Waals surface area contributed by atoms with E-state index >= 15 is 0 Å². The number of rotatable bonds is 12. The Bertz CT molecular complexity index is 1310. The minimum atomic E-state index is -1.16. The zero-order chi connectivity index (χ0) is 25.9. The molecule has 186 valence electrons. The van der Waals surface area contributed by atoms with Crippen molar-refractivity contribution < 1.29 is 33.6 Å². The molecule has 0 saturated heterocycles. The normalized spacial score (nSPS) is 11.3. The molecule has 2 aromatic carbocycles. The third-order valence-corrected chi connectivity index (χ3v) is 4.99. The third kappa shape index (κ3) is 7.46. The smallest absolute Gasteiger partial charge is 0.341 e. The predicted octanol–water partition coefficient (Wildman–Crippen LogP) is 5.19. The fraction of sp³-hybridized carbons (Fsp3) is 0.179. The van der Waals surface area contributed by atoms with Crippen molar-refractivity contribution in [3.05, 3.63) is 108 Å². The number of allylic oxidation sites excluding steroid dienone is 3. The van der Waals surface area contributed by atoms with E-state index in [1.807, 2.05) is 43.3 Å². The highest BCUT2D eigenvalue weighted by atomic mass is 16.5. The summed E-state index contributed by atoms with van der Waals surface area (Å²) in [7, 11) is 1.24. The van der Waals surface area contributed by atoms with Crippen LogP contribution in [0.1, 0.15) is 28.5 Å². The van der Waals surface area contributed by atoms with E-state index in [4.69, 9.17) is 24.1 Å². The van der Waals surface area contributed by atoms with Gasteiger partial charge in [-0.3, -0.25) is 0 Å². The zero-order valence-corrected chi connectivity index (χ0v) is 20.1. The number of para-hydroxylation sites is 1. The van der Waals surface area contributed by atoms with Gasteiger partial charge in [-0.15, -0.1) is 0 Å². The number of aromatic nitrogens is 1. The number of carboxylic acid groups (broad SMARTS) is 1. The van der Waals surface area contributed by atoms with E-state index in [0.29, 0.717) is 17.1 Å². The highest BCUT2D eigenvalue weighted by molar-refractivity contribution is 5.92. The van der Waals surface area contributed by atoms with Crippen LogP contribution in [0.2, 0.25) is 0 Å². The number of hydrogen-bond acceptors (Lipinski definition) is 7. The molecule has 0 aliphatic heterocycles. The van der Waals surface area contributed by atoms with Crippen molar-refractivity contribution in [1.29, 1.82) is 0 Å². The summed E-state index contributed by atoms with van der Waals surface area (Å²) < 4.78 is 21.5. The van der Waals surface area contributed by atoms with E-state index < -0.39 is 18.5 Å². The van der Waals surface area contributed by atoms with Crippen molar-refractivity contribution in [2.75, 3.05) is 13.7 Å². The van der Waals surface area contributed by atoms with Crippen LogP contribution >= 0.6 is 0 Å². The lowest BCUT2D eigenvalue weighted by atomic mass is 10.1. The molecule has 1 heterocycles. The van der Waals surface area contributed by atoms with Crippen LogP contribution in [0.4, 0.5) is 0 Å². The summed E-state index contributed by atoms with van der Waals surface area (Å²) in [5, 5.41) is 9.95. The van der Waals surface area contributed by atoms with Crippen LogP contribution in [0.5, 0.6) is 5.75 Å². The molecule has 8 nitrogen and oxygen atoms in total. The summed E-state index contributed by atoms with van der Waals surface area (Å²) in [6, 6.07) is 16.5. The molecule has 0 unspecified atom stereocenters. The Kier molecular flexibility index (Phi) is 9.22. The molecular weight excluding hydrogens is 462 g/mol. The Hall–Kier alpha value is -4.59. The second kappa shape index (κ2) is 12.8. The number of hydrogen-bond donors (Lipinski definition) is 1. The number of fused-ring (bicyclic) bond motifs is 1. The monoisotopic (exact) mass is 489 g/mol. The minimum Gasteiger partial charge on any atom is -0.489 e. The van der Waals surface area contributed by atoms with Crippen LogP contribution in [0.25, 0.3) is 10.9 Å². The molecule has 0 bridgehead atoms. The number of ether oxygens (including phenoxy) is 4. The van der Waals surface area contributed by atoms with Gasteiger partial charge in [0.25, 0.3) is 0 Å². The first-order valence-corrected chi connectivity index (χ1v) is 11.1. The van der Waals surface area contributed by atoms with E-state index in [0.717, 1.165) is 16.6 Å². The minimum absolute atomic E-state index is 0.104. The lowest BCUT2D eigenvalue weighted by Gasteiger charge is -2.12. The number of carbonyl (C=O) groups is 2. The Morgan fingerprint density at radius 2 is 1.83 bits per heavy atom. The maximum absolute atomic E-state index is 11.9. The predicted molar refractivity (Wildman–Crippen MR) is 134 cm³/mol. The van der Waals surface area contributed by atoms with Crippen LogP contribution in [0.15, 0.2) is 90.9 Å². The van der Waals surface area contributed by atoms with Gasteiger partial charge in [-0.1, -0.05) is 36.9 Å². The molecule has 1 N–H and O–H groups in total. The first kappa shape index (κ1) is 26.0. The number of methoxy groups -OCH3 is 1. The number of carbonyl (C=O) groups excluding carboxylic acids is 1. The van der Waals surface area contributed by atoms with E-state index in [2.05, 4.69) is 11.6 Å². The molecule has 0 aliphatic rings. The number of esters is 1. The average Bonchev–Trinajstić information content (AvgIpc) is 2.90. The van der Waals surface area contributed by atoms with Gasteiger partial charge < -0.3 is 24.1 Å². The number of pyridine rings is 1. The molecule has 0 atom stereocenters. The van der Waals surface area contributed by atoms with Gasteiger partial charge in [-0.25, -0.2) is 14.6 Å². The van der Waals surface area contributed by atoms with Gasteiger partial charge >= 0.3 is 11.9 Å². The molecule has 0 spiro atoms. The van der Waals surface area contributed by atoms with Gasteiger partial charge in [0.05, 0.1) is 18.3 Å². The summed E-state index contributed by atoms with van der Waals surface area (Å²) in [4.78, 5) is 27.4. The maximum Gasteiger partial charge on any atom is 0.341 e. The summed E-state index contributed by atoms with van der Waals surface area (Å²) in [6.45, 7) is 5.58. The van der Waals surface area contributed by atoms with E-state index in [1.54, 1.807) is 30.4 Å². The van der Waals surface area contributed by atoms with Gasteiger partial charge in [0.15, 0.2) is 6.61 Å². The summed E-state index contributed by atoms with van der Waals surface area (Å²) in [5.41, 5.74) is 2.50. The van der Waals surface area contributed by atoms with Crippen molar-refractivity contribution in [3.63, 3.8) is 0 Å². The van der Waals surface area contributed by atoms with Crippen LogP contribution in [-0.2, 0) is 32.2 Å². The fourth-order valence-electron chi connectivity index (χ4n) is 3.17. The first-order chi connectivity index (χ1) is 17.4. The van der Waals surface area contributed by atoms with Crippen molar-refractivity contribution >= 4 is 22.8 Å². The summed E-state index contributed by atoms with van der Waals surface area (Å²) in [5.74, 6) is -0.676. The quantitative estimate of drug-likeness (QED) is 0.211. The molecule has 8 heteroatoms. The Morgan fingerprint density at radius 3 is 2.58 bits per heavy atom. The topological polar surface area (TPSA) is 104 Å². The number of nitrogens with zero attached hydrogens (tertiary/aromatic N) is 1. The highest BCUT2D eigenvalue weighted by Crippen LogP contribution is 2.23. The van der Waals surface area contributed by atoms with Gasteiger partial charge in [0.2, 0.25) is 0 Å². The van der Waals surface area contributed by atoms with Crippen molar-refractivity contribution in [1.82, 2.24) is 4.98 Å². The highest BCUT2D eigenvalue weighted by Gasteiger charge is 2.15. The third-order valence-electron chi connectivity index (χ3n) is 4.99. The van der Waals surface area contributed by atoms with Crippen LogP contribution in [0, 0.1) is 0 Å². The second-order valence-corrected chi connectivity index (χ2v) is 7.57. The number of aliphatic carboxylic acids is 1.